The van der Waals surface area contributed by atoms with Crippen LogP contribution in [0, 0.1) is 22.7 Å². The van der Waals surface area contributed by atoms with Gasteiger partial charge < -0.3 is 48.1 Å². The van der Waals surface area contributed by atoms with Gasteiger partial charge in [-0.15, -0.1) is 0 Å². The van der Waals surface area contributed by atoms with E-state index in [2.05, 4.69) is 12.1 Å². The van der Waals surface area contributed by atoms with Crippen molar-refractivity contribution in [1.82, 2.24) is 0 Å². The molecule has 3 rings (SSSR count). The second-order valence-corrected chi connectivity index (χ2v) is 12.3. The van der Waals surface area contributed by atoms with Crippen LogP contribution in [0.2, 0.25) is 0 Å². The van der Waals surface area contributed by atoms with Crippen LogP contribution in [0.15, 0.2) is 80.2 Å². The highest BCUT2D eigenvalue weighted by Gasteiger charge is 2.13. The Hall–Kier alpha value is -3.38. The minimum atomic E-state index is 0.00145. The molecule has 0 heterocycles. The Morgan fingerprint density at radius 1 is 0.440 bits per heavy atom. The molecule has 0 unspecified atom stereocenters. The number of nitrogens with zero attached hydrogens (tertiary/aromatic N) is 2. The van der Waals surface area contributed by atoms with Crippen LogP contribution < -0.4 is 9.47 Å². The van der Waals surface area contributed by atoms with E-state index in [0.717, 1.165) is 19.6 Å². The molecule has 0 saturated heterocycles. The predicted octanol–water partition coefficient (Wildman–Crippen LogP) is 4.57. The third-order valence-corrected chi connectivity index (χ3v) is 8.64. The SMILES string of the molecule is N#Cc1cc(Sc2ccc(OCCOCCOCCOCCO)cc2)c(Sc2ccc(OCCOCCOCCOCCO)cc2)cc1C#N. The largest absolute Gasteiger partial charge is 0.491 e. The predicted molar refractivity (Wildman–Crippen MR) is 187 cm³/mol. The lowest BCUT2D eigenvalue weighted by atomic mass is 10.1. The Morgan fingerprint density at radius 2 is 0.740 bits per heavy atom. The first-order chi connectivity index (χ1) is 24.7. The smallest absolute Gasteiger partial charge is 0.119 e. The maximum absolute atomic E-state index is 9.67. The van der Waals surface area contributed by atoms with Gasteiger partial charge in [-0.3, -0.25) is 0 Å². The number of ether oxygens (including phenoxy) is 8. The normalized spacial score (nSPS) is 10.9. The van der Waals surface area contributed by atoms with Crippen molar-refractivity contribution in [2.24, 2.45) is 0 Å². The molecular weight excluding hydrogens is 685 g/mol. The van der Waals surface area contributed by atoms with Crippen molar-refractivity contribution in [1.29, 1.82) is 10.5 Å². The summed E-state index contributed by atoms with van der Waals surface area (Å²) >= 11 is 3.01. The van der Waals surface area contributed by atoms with Gasteiger partial charge in [-0.1, -0.05) is 23.5 Å². The van der Waals surface area contributed by atoms with Crippen molar-refractivity contribution in [2.45, 2.75) is 19.6 Å². The van der Waals surface area contributed by atoms with Crippen LogP contribution in [0.5, 0.6) is 11.5 Å². The number of aliphatic hydroxyl groups excluding tert-OH is 2. The van der Waals surface area contributed by atoms with Crippen molar-refractivity contribution in [2.75, 3.05) is 106 Å². The van der Waals surface area contributed by atoms with E-state index >= 15 is 0 Å². The highest BCUT2D eigenvalue weighted by molar-refractivity contribution is 8.02. The number of hydrogen-bond acceptors (Lipinski definition) is 14. The van der Waals surface area contributed by atoms with Crippen LogP contribution >= 0.6 is 23.5 Å². The van der Waals surface area contributed by atoms with Crippen molar-refractivity contribution in [3.05, 3.63) is 71.8 Å². The molecule has 0 aliphatic rings. The molecule has 0 amide bonds. The summed E-state index contributed by atoms with van der Waals surface area (Å²) in [4.78, 5) is 3.62. The van der Waals surface area contributed by atoms with E-state index in [1.807, 2.05) is 48.5 Å². The molecule has 3 aromatic rings. The van der Waals surface area contributed by atoms with E-state index in [-0.39, 0.29) is 13.2 Å². The molecule has 0 saturated carbocycles. The third kappa shape index (κ3) is 17.0. The summed E-state index contributed by atoms with van der Waals surface area (Å²) in [6.45, 7) is 5.85. The van der Waals surface area contributed by atoms with Gasteiger partial charge in [0, 0.05) is 19.6 Å². The summed E-state index contributed by atoms with van der Waals surface area (Å²) in [6, 6.07) is 23.1. The lowest BCUT2D eigenvalue weighted by Gasteiger charge is -2.12. The van der Waals surface area contributed by atoms with Gasteiger partial charge in [0.2, 0.25) is 0 Å². The summed E-state index contributed by atoms with van der Waals surface area (Å²) in [5.41, 5.74) is 0.647. The molecule has 12 nitrogen and oxygen atoms in total. The standard InChI is InChI=1S/C36H44N2O10S2/c37-27-29-25-35(49-33-5-1-31(2-6-33)47-23-21-45-19-17-43-15-13-41-11-9-39)36(26-30(29)28-38)50-34-7-3-32(4-8-34)48-24-22-46-20-18-44-16-14-42-12-10-40/h1-8,25-26,39-40H,9-24H2. The Labute approximate surface area is 302 Å². The van der Waals surface area contributed by atoms with E-state index in [1.165, 1.54) is 23.5 Å². The van der Waals surface area contributed by atoms with Crippen molar-refractivity contribution in [3.8, 4) is 23.6 Å². The third-order valence-electron chi connectivity index (χ3n) is 6.38. The first-order valence-corrected chi connectivity index (χ1v) is 17.8. The van der Waals surface area contributed by atoms with Gasteiger partial charge in [0.1, 0.15) is 36.9 Å². The number of hydrogen-bond donors (Lipinski definition) is 2. The Kier molecular flexibility index (Phi) is 21.7. The van der Waals surface area contributed by atoms with Crippen molar-refractivity contribution in [3.63, 3.8) is 0 Å². The van der Waals surface area contributed by atoms with Gasteiger partial charge in [0.05, 0.1) is 104 Å². The highest BCUT2D eigenvalue weighted by atomic mass is 32.2. The zero-order valence-electron chi connectivity index (χ0n) is 28.0. The molecule has 0 fully saturated rings. The lowest BCUT2D eigenvalue weighted by Crippen LogP contribution is -2.13. The average molecular weight is 729 g/mol. The summed E-state index contributed by atoms with van der Waals surface area (Å²) in [6.07, 6.45) is 0. The molecule has 0 bridgehead atoms. The van der Waals surface area contributed by atoms with Crippen LogP contribution in [-0.2, 0) is 28.4 Å². The van der Waals surface area contributed by atoms with Crippen LogP contribution in [0.25, 0.3) is 0 Å². The number of aliphatic hydroxyl groups is 2. The zero-order valence-corrected chi connectivity index (χ0v) is 29.6. The average Bonchev–Trinajstić information content (AvgIpc) is 3.14. The molecule has 0 spiro atoms. The quantitative estimate of drug-likeness (QED) is 0.100. The van der Waals surface area contributed by atoms with Crippen LogP contribution in [0.3, 0.4) is 0 Å². The summed E-state index contributed by atoms with van der Waals surface area (Å²) in [5.74, 6) is 1.42. The molecule has 2 N–H and O–H groups in total. The Balaban J connectivity index is 1.44. The fraction of sp³-hybridized carbons (Fsp3) is 0.444. The Morgan fingerprint density at radius 3 is 1.04 bits per heavy atom. The molecule has 0 aliphatic carbocycles. The molecule has 50 heavy (non-hydrogen) atoms. The molecule has 3 aromatic carbocycles. The lowest BCUT2D eigenvalue weighted by molar-refractivity contribution is 0.00360. The summed E-state index contributed by atoms with van der Waals surface area (Å²) in [7, 11) is 0. The zero-order chi connectivity index (χ0) is 35.5. The fourth-order valence-corrected chi connectivity index (χ4v) is 5.99. The first kappa shape index (κ1) is 41.0. The second kappa shape index (κ2) is 26.4. The maximum Gasteiger partial charge on any atom is 0.119 e. The van der Waals surface area contributed by atoms with Gasteiger partial charge in [0.15, 0.2) is 0 Å². The molecule has 0 atom stereocenters. The minimum Gasteiger partial charge on any atom is -0.491 e. The molecule has 14 heteroatoms. The number of benzene rings is 3. The van der Waals surface area contributed by atoms with Crippen LogP contribution in [0.4, 0.5) is 0 Å². The molecular formula is C36H44N2O10S2. The Bertz CT molecular complexity index is 1320. The van der Waals surface area contributed by atoms with Crippen molar-refractivity contribution >= 4 is 23.5 Å². The maximum atomic E-state index is 9.67. The van der Waals surface area contributed by atoms with E-state index in [0.29, 0.717) is 115 Å². The molecule has 0 aliphatic heterocycles. The van der Waals surface area contributed by atoms with Crippen LogP contribution in [-0.4, -0.2) is 116 Å². The first-order valence-electron chi connectivity index (χ1n) is 16.1. The molecule has 0 aromatic heterocycles. The number of nitriles is 2. The van der Waals surface area contributed by atoms with Gasteiger partial charge in [-0.25, -0.2) is 0 Å². The molecule has 270 valence electrons. The summed E-state index contributed by atoms with van der Waals surface area (Å²) < 4.78 is 43.7. The number of rotatable bonds is 28. The van der Waals surface area contributed by atoms with Crippen LogP contribution in [0.1, 0.15) is 11.1 Å². The van der Waals surface area contributed by atoms with E-state index in [1.54, 1.807) is 12.1 Å². The van der Waals surface area contributed by atoms with Crippen molar-refractivity contribution < 1.29 is 48.1 Å². The van der Waals surface area contributed by atoms with Gasteiger partial charge >= 0.3 is 0 Å². The van der Waals surface area contributed by atoms with Gasteiger partial charge in [0.25, 0.3) is 0 Å². The van der Waals surface area contributed by atoms with Gasteiger partial charge in [-0.2, -0.15) is 10.5 Å². The summed E-state index contributed by atoms with van der Waals surface area (Å²) in [5, 5.41) is 36.7. The highest BCUT2D eigenvalue weighted by Crippen LogP contribution is 2.41. The second-order valence-electron chi connectivity index (χ2n) is 10.0. The van der Waals surface area contributed by atoms with Gasteiger partial charge in [-0.05, 0) is 60.7 Å². The molecule has 0 radical (unpaired) electrons. The van der Waals surface area contributed by atoms with E-state index in [9.17, 15) is 10.5 Å². The van der Waals surface area contributed by atoms with E-state index in [4.69, 9.17) is 48.1 Å². The topological polar surface area (TPSA) is 162 Å². The van der Waals surface area contributed by atoms with E-state index < -0.39 is 0 Å². The fourth-order valence-electron chi connectivity index (χ4n) is 4.02. The minimum absolute atomic E-state index is 0.00145. The monoisotopic (exact) mass is 728 g/mol.